The molecule has 1 amide bonds. The van der Waals surface area contributed by atoms with Gasteiger partial charge in [0.15, 0.2) is 14.6 Å². The number of hydrogen-bond donors (Lipinski definition) is 0. The van der Waals surface area contributed by atoms with Crippen LogP contribution in [0.3, 0.4) is 0 Å². The van der Waals surface area contributed by atoms with Crippen LogP contribution in [0.1, 0.15) is 17.3 Å². The Balaban J connectivity index is 2.22. The Morgan fingerprint density at radius 3 is 2.60 bits per heavy atom. The first-order chi connectivity index (χ1) is 11.8. The highest BCUT2D eigenvalue weighted by Gasteiger charge is 2.18. The molecule has 0 bridgehead atoms. The molecule has 5 nitrogen and oxygen atoms in total. The van der Waals surface area contributed by atoms with Gasteiger partial charge in [-0.2, -0.15) is 4.99 Å². The molecule has 0 spiro atoms. The van der Waals surface area contributed by atoms with Crippen LogP contribution < -0.4 is 4.80 Å². The summed E-state index contributed by atoms with van der Waals surface area (Å²) in [5.41, 5.74) is 1.06. The highest BCUT2D eigenvalue weighted by Crippen LogP contribution is 2.26. The second-order valence-electron chi connectivity index (χ2n) is 5.40. The van der Waals surface area contributed by atoms with E-state index in [2.05, 4.69) is 20.9 Å². The first kappa shape index (κ1) is 18.0. The van der Waals surface area contributed by atoms with E-state index in [1.165, 1.54) is 23.5 Å². The molecule has 2 aromatic carbocycles. The molecule has 0 atom stereocenters. The van der Waals surface area contributed by atoms with Gasteiger partial charge in [0, 0.05) is 17.3 Å². The number of carbonyl (C=O) groups excluding carboxylic acids is 1. The number of aryl methyl sites for hydroxylation is 1. The molecular weight excluding hydrogens is 424 g/mol. The zero-order chi connectivity index (χ0) is 18.2. The molecule has 0 saturated carbocycles. The third-order valence-electron chi connectivity index (χ3n) is 3.68. The number of hydrogen-bond acceptors (Lipinski definition) is 4. The van der Waals surface area contributed by atoms with Crippen molar-refractivity contribution in [3.05, 3.63) is 57.3 Å². The van der Waals surface area contributed by atoms with Crippen LogP contribution in [0.2, 0.25) is 0 Å². The fourth-order valence-corrected chi connectivity index (χ4v) is 5.29. The molecule has 0 aliphatic heterocycles. The summed E-state index contributed by atoms with van der Waals surface area (Å²) in [5.74, 6) is -0.564. The predicted octanol–water partition coefficient (Wildman–Crippen LogP) is 3.63. The van der Waals surface area contributed by atoms with Gasteiger partial charge in [0.2, 0.25) is 0 Å². The van der Waals surface area contributed by atoms with Crippen LogP contribution in [-0.4, -0.2) is 25.1 Å². The van der Waals surface area contributed by atoms with Crippen LogP contribution >= 0.6 is 27.3 Å². The van der Waals surface area contributed by atoms with Gasteiger partial charge < -0.3 is 4.57 Å². The van der Waals surface area contributed by atoms with Gasteiger partial charge in [-0.05, 0) is 47.1 Å². The van der Waals surface area contributed by atoms with Crippen molar-refractivity contribution < 1.29 is 13.2 Å². The van der Waals surface area contributed by atoms with Crippen molar-refractivity contribution in [2.24, 2.45) is 4.99 Å². The third-order valence-corrected chi connectivity index (χ3v) is 6.52. The zero-order valence-electron chi connectivity index (χ0n) is 13.6. The van der Waals surface area contributed by atoms with E-state index in [-0.39, 0.29) is 10.5 Å². The van der Waals surface area contributed by atoms with Crippen LogP contribution in [0.5, 0.6) is 0 Å². The third kappa shape index (κ3) is 3.47. The lowest BCUT2D eigenvalue weighted by Gasteiger charge is -2.04. The summed E-state index contributed by atoms with van der Waals surface area (Å²) < 4.78 is 27.7. The van der Waals surface area contributed by atoms with E-state index in [9.17, 15) is 13.2 Å². The molecule has 1 aromatic heterocycles. The van der Waals surface area contributed by atoms with Gasteiger partial charge in [0.25, 0.3) is 5.91 Å². The molecule has 0 aliphatic rings. The van der Waals surface area contributed by atoms with E-state index in [4.69, 9.17) is 0 Å². The minimum atomic E-state index is -3.51. The van der Waals surface area contributed by atoms with Crippen molar-refractivity contribution in [3.63, 3.8) is 0 Å². The molecule has 0 fully saturated rings. The number of benzene rings is 2. The van der Waals surface area contributed by atoms with Crippen LogP contribution in [0.25, 0.3) is 10.2 Å². The summed E-state index contributed by atoms with van der Waals surface area (Å²) in [7, 11) is -3.51. The van der Waals surface area contributed by atoms with E-state index in [0.717, 1.165) is 20.9 Å². The molecule has 3 rings (SSSR count). The summed E-state index contributed by atoms with van der Waals surface area (Å²) >= 11 is 4.93. The fraction of sp³-hybridized carbons (Fsp3) is 0.176. The number of thiazole rings is 1. The molecule has 0 aliphatic carbocycles. The minimum Gasteiger partial charge on any atom is -0.316 e. The smallest absolute Gasteiger partial charge is 0.280 e. The Kier molecular flexibility index (Phi) is 4.95. The Bertz CT molecular complexity index is 1140. The minimum absolute atomic E-state index is 0.00547. The fourth-order valence-electron chi connectivity index (χ4n) is 2.58. The van der Waals surface area contributed by atoms with Gasteiger partial charge in [0.05, 0.1) is 20.7 Å². The number of halogens is 1. The summed E-state index contributed by atoms with van der Waals surface area (Å²) in [6.45, 7) is 2.61. The molecule has 0 N–H and O–H groups in total. The Labute approximate surface area is 157 Å². The summed E-state index contributed by atoms with van der Waals surface area (Å²) in [6.07, 6.45) is 1.09. The van der Waals surface area contributed by atoms with Gasteiger partial charge in [-0.1, -0.05) is 29.5 Å². The van der Waals surface area contributed by atoms with E-state index < -0.39 is 15.7 Å². The quantitative estimate of drug-likeness (QED) is 0.626. The van der Waals surface area contributed by atoms with Crippen LogP contribution in [0, 0.1) is 0 Å². The number of fused-ring (bicyclic) bond motifs is 1. The van der Waals surface area contributed by atoms with E-state index in [1.807, 2.05) is 29.7 Å². The highest BCUT2D eigenvalue weighted by molar-refractivity contribution is 9.10. The number of carbonyl (C=O) groups is 1. The summed E-state index contributed by atoms with van der Waals surface area (Å²) in [4.78, 5) is 17.4. The van der Waals surface area contributed by atoms with Crippen molar-refractivity contribution in [2.75, 3.05) is 6.26 Å². The Morgan fingerprint density at radius 1 is 1.20 bits per heavy atom. The molecule has 0 radical (unpaired) electrons. The van der Waals surface area contributed by atoms with Crippen molar-refractivity contribution in [1.82, 2.24) is 4.57 Å². The molecule has 0 saturated heterocycles. The van der Waals surface area contributed by atoms with Crippen LogP contribution in [-0.2, 0) is 16.4 Å². The SMILES string of the molecule is CCn1c(=NC(=O)c2ccccc2S(C)(=O)=O)sc2cccc(Br)c21. The normalized spacial score (nSPS) is 12.7. The van der Waals surface area contributed by atoms with Gasteiger partial charge in [-0.25, -0.2) is 8.42 Å². The number of nitrogens with zero attached hydrogens (tertiary/aromatic N) is 2. The number of sulfone groups is 1. The van der Waals surface area contributed by atoms with Crippen LogP contribution in [0.15, 0.2) is 56.8 Å². The maximum absolute atomic E-state index is 12.7. The number of para-hydroxylation sites is 1. The van der Waals surface area contributed by atoms with Gasteiger partial charge in [-0.3, -0.25) is 4.79 Å². The van der Waals surface area contributed by atoms with Crippen LogP contribution in [0.4, 0.5) is 0 Å². The Morgan fingerprint density at radius 2 is 1.92 bits per heavy atom. The molecule has 130 valence electrons. The van der Waals surface area contributed by atoms with Gasteiger partial charge in [-0.15, -0.1) is 0 Å². The van der Waals surface area contributed by atoms with Crippen molar-refractivity contribution >= 4 is 53.2 Å². The van der Waals surface area contributed by atoms with Crippen molar-refractivity contribution in [3.8, 4) is 0 Å². The largest absolute Gasteiger partial charge is 0.316 e. The lowest BCUT2D eigenvalue weighted by Crippen LogP contribution is -2.17. The molecule has 3 aromatic rings. The average Bonchev–Trinajstić information content (AvgIpc) is 2.92. The molecule has 8 heteroatoms. The predicted molar refractivity (Wildman–Crippen MR) is 103 cm³/mol. The maximum atomic E-state index is 12.7. The topological polar surface area (TPSA) is 68.5 Å². The molecule has 1 heterocycles. The van der Waals surface area contributed by atoms with Crippen molar-refractivity contribution in [1.29, 1.82) is 0 Å². The molecule has 25 heavy (non-hydrogen) atoms. The zero-order valence-corrected chi connectivity index (χ0v) is 16.8. The first-order valence-electron chi connectivity index (χ1n) is 7.49. The van der Waals surface area contributed by atoms with Gasteiger partial charge >= 0.3 is 0 Å². The standard InChI is InChI=1S/C17H15BrN2O3S2/c1-3-20-15-12(18)8-6-9-13(15)24-17(20)19-16(21)11-7-4-5-10-14(11)25(2,22)23/h4-10H,3H2,1-2H3. The lowest BCUT2D eigenvalue weighted by atomic mass is 10.2. The highest BCUT2D eigenvalue weighted by atomic mass is 79.9. The number of rotatable bonds is 3. The van der Waals surface area contributed by atoms with Crippen molar-refractivity contribution in [2.45, 2.75) is 18.4 Å². The summed E-state index contributed by atoms with van der Waals surface area (Å²) in [5, 5.41) is 0. The van der Waals surface area contributed by atoms with E-state index >= 15 is 0 Å². The lowest BCUT2D eigenvalue weighted by molar-refractivity contribution is 0.0994. The van der Waals surface area contributed by atoms with E-state index in [0.29, 0.717) is 11.3 Å². The first-order valence-corrected chi connectivity index (χ1v) is 11.0. The monoisotopic (exact) mass is 438 g/mol. The van der Waals surface area contributed by atoms with Gasteiger partial charge in [0.1, 0.15) is 0 Å². The maximum Gasteiger partial charge on any atom is 0.280 e. The molecule has 0 unspecified atom stereocenters. The Hall–Kier alpha value is -1.77. The molecular formula is C17H15BrN2O3S2. The second kappa shape index (κ2) is 6.86. The van der Waals surface area contributed by atoms with E-state index in [1.54, 1.807) is 12.1 Å². The second-order valence-corrected chi connectivity index (χ2v) is 9.25. The summed E-state index contributed by atoms with van der Waals surface area (Å²) in [6, 6.07) is 12.0. The number of aromatic nitrogens is 1. The average molecular weight is 439 g/mol. The number of amides is 1.